The first-order valence-electron chi connectivity index (χ1n) is 5.86. The van der Waals surface area contributed by atoms with Crippen LogP contribution in [-0.4, -0.2) is 25.6 Å². The van der Waals surface area contributed by atoms with Crippen LogP contribution in [0.3, 0.4) is 0 Å². The van der Waals surface area contributed by atoms with E-state index in [2.05, 4.69) is 4.98 Å². The summed E-state index contributed by atoms with van der Waals surface area (Å²) < 4.78 is 29.6. The van der Waals surface area contributed by atoms with Gasteiger partial charge in [0.2, 0.25) is 15.9 Å². The molecule has 0 aliphatic heterocycles. The molecule has 0 unspecified atom stereocenters. The first kappa shape index (κ1) is 16.5. The van der Waals surface area contributed by atoms with Gasteiger partial charge in [-0.15, -0.1) is 0 Å². The Morgan fingerprint density at radius 3 is 2.64 bits per heavy atom. The number of carbonyl (C=O) groups is 1. The fourth-order valence-electron chi connectivity index (χ4n) is 1.53. The molecular formula is C13H10Cl2N2O4S. The van der Waals surface area contributed by atoms with E-state index in [-0.39, 0.29) is 22.2 Å². The lowest BCUT2D eigenvalue weighted by Gasteiger charge is -2.10. The lowest BCUT2D eigenvalue weighted by atomic mass is 10.2. The van der Waals surface area contributed by atoms with Crippen LogP contribution in [0.25, 0.3) is 0 Å². The Hall–Kier alpha value is -1.83. The number of hydrogen-bond donors (Lipinski definition) is 1. The van der Waals surface area contributed by atoms with Crippen LogP contribution in [0, 0.1) is 0 Å². The second-order valence-electron chi connectivity index (χ2n) is 4.24. The van der Waals surface area contributed by atoms with Crippen LogP contribution < -0.4 is 9.46 Å². The Kier molecular flexibility index (Phi) is 4.90. The van der Waals surface area contributed by atoms with Gasteiger partial charge >= 0.3 is 0 Å². The molecule has 0 fully saturated rings. The zero-order valence-electron chi connectivity index (χ0n) is 11.2. The number of halogens is 2. The first-order valence-corrected chi connectivity index (χ1v) is 8.51. The first-order chi connectivity index (χ1) is 10.3. The van der Waals surface area contributed by atoms with Crippen molar-refractivity contribution < 1.29 is 17.9 Å². The fraction of sp³-hybridized carbons (Fsp3) is 0.0769. The fourth-order valence-corrected chi connectivity index (χ4v) is 2.42. The Morgan fingerprint density at radius 1 is 1.27 bits per heavy atom. The van der Waals surface area contributed by atoms with E-state index in [0.717, 1.165) is 6.26 Å². The number of nitrogens with zero attached hydrogens (tertiary/aromatic N) is 1. The molecule has 0 spiro atoms. The predicted octanol–water partition coefficient (Wildman–Crippen LogP) is 2.87. The number of benzene rings is 1. The summed E-state index contributed by atoms with van der Waals surface area (Å²) in [5.74, 6) is -0.693. The van der Waals surface area contributed by atoms with Gasteiger partial charge in [-0.3, -0.25) is 4.79 Å². The highest BCUT2D eigenvalue weighted by Crippen LogP contribution is 2.31. The van der Waals surface area contributed by atoms with E-state index in [1.165, 1.54) is 30.5 Å². The molecule has 2 aromatic rings. The van der Waals surface area contributed by atoms with Crippen LogP contribution >= 0.6 is 23.2 Å². The van der Waals surface area contributed by atoms with Crippen LogP contribution in [-0.2, 0) is 10.0 Å². The number of carbonyl (C=O) groups excluding carboxylic acids is 1. The van der Waals surface area contributed by atoms with Crippen molar-refractivity contribution in [1.82, 2.24) is 9.71 Å². The molecule has 0 saturated heterocycles. The molecule has 0 aliphatic rings. The molecule has 1 heterocycles. The number of nitrogens with one attached hydrogen (secondary N) is 1. The monoisotopic (exact) mass is 360 g/mol. The Morgan fingerprint density at radius 2 is 2.00 bits per heavy atom. The number of pyridine rings is 1. The molecule has 0 saturated carbocycles. The average molecular weight is 361 g/mol. The highest BCUT2D eigenvalue weighted by Gasteiger charge is 2.18. The van der Waals surface area contributed by atoms with Crippen molar-refractivity contribution >= 4 is 39.1 Å². The summed E-state index contributed by atoms with van der Waals surface area (Å²) in [7, 11) is -3.70. The van der Waals surface area contributed by atoms with E-state index in [0.29, 0.717) is 5.02 Å². The third-order valence-electron chi connectivity index (χ3n) is 2.39. The average Bonchev–Trinajstić information content (AvgIpc) is 2.40. The summed E-state index contributed by atoms with van der Waals surface area (Å²) >= 11 is 11.8. The molecule has 6 nitrogen and oxygen atoms in total. The van der Waals surface area contributed by atoms with Crippen LogP contribution in [0.15, 0.2) is 36.5 Å². The predicted molar refractivity (Wildman–Crippen MR) is 83.1 cm³/mol. The minimum absolute atomic E-state index is 0.0426. The Balaban J connectivity index is 2.34. The van der Waals surface area contributed by atoms with Crippen LogP contribution in [0.5, 0.6) is 11.6 Å². The van der Waals surface area contributed by atoms with Gasteiger partial charge in [0.15, 0.2) is 0 Å². The lowest BCUT2D eigenvalue weighted by molar-refractivity contribution is 0.0979. The molecule has 116 valence electrons. The third kappa shape index (κ3) is 4.33. The summed E-state index contributed by atoms with van der Waals surface area (Å²) in [6.07, 6.45) is 2.27. The van der Waals surface area contributed by atoms with Crippen molar-refractivity contribution in [2.24, 2.45) is 0 Å². The van der Waals surface area contributed by atoms with Crippen LogP contribution in [0.4, 0.5) is 0 Å². The number of ether oxygens (including phenoxy) is 1. The SMILES string of the molecule is CS(=O)(=O)NC(=O)c1cccnc1Oc1ccc(Cl)cc1Cl. The number of hydrogen-bond acceptors (Lipinski definition) is 5. The maximum atomic E-state index is 11.9. The Labute approximate surface area is 137 Å². The summed E-state index contributed by atoms with van der Waals surface area (Å²) in [6, 6.07) is 7.40. The molecule has 22 heavy (non-hydrogen) atoms. The summed E-state index contributed by atoms with van der Waals surface area (Å²) in [4.78, 5) is 15.9. The zero-order chi connectivity index (χ0) is 16.3. The normalized spacial score (nSPS) is 11.0. The van der Waals surface area contributed by atoms with Crippen molar-refractivity contribution in [2.45, 2.75) is 0 Å². The van der Waals surface area contributed by atoms with Gasteiger partial charge in [-0.1, -0.05) is 23.2 Å². The van der Waals surface area contributed by atoms with Crippen LogP contribution in [0.1, 0.15) is 10.4 Å². The number of amides is 1. The molecule has 0 atom stereocenters. The van der Waals surface area contributed by atoms with Crippen molar-refractivity contribution in [3.05, 3.63) is 52.1 Å². The topological polar surface area (TPSA) is 85.4 Å². The van der Waals surface area contributed by atoms with E-state index < -0.39 is 15.9 Å². The molecule has 0 bridgehead atoms. The second-order valence-corrected chi connectivity index (χ2v) is 6.83. The highest BCUT2D eigenvalue weighted by atomic mass is 35.5. The van der Waals surface area contributed by atoms with E-state index in [4.69, 9.17) is 27.9 Å². The van der Waals surface area contributed by atoms with Crippen molar-refractivity contribution in [1.29, 1.82) is 0 Å². The summed E-state index contributed by atoms with van der Waals surface area (Å²) in [5, 5.41) is 0.654. The molecule has 9 heteroatoms. The molecule has 0 radical (unpaired) electrons. The minimum atomic E-state index is -3.70. The van der Waals surface area contributed by atoms with E-state index in [9.17, 15) is 13.2 Å². The van der Waals surface area contributed by atoms with Gasteiger partial charge in [0.05, 0.1) is 11.3 Å². The number of rotatable bonds is 4. The molecule has 2 rings (SSSR count). The van der Waals surface area contributed by atoms with Gasteiger partial charge < -0.3 is 4.74 Å². The third-order valence-corrected chi connectivity index (χ3v) is 3.48. The van der Waals surface area contributed by atoms with Gasteiger partial charge in [0.1, 0.15) is 11.3 Å². The molecular weight excluding hydrogens is 351 g/mol. The minimum Gasteiger partial charge on any atom is -0.437 e. The largest absolute Gasteiger partial charge is 0.437 e. The molecule has 1 N–H and O–H groups in total. The molecule has 1 amide bonds. The van der Waals surface area contributed by atoms with E-state index in [1.807, 2.05) is 4.72 Å². The molecule has 0 aliphatic carbocycles. The van der Waals surface area contributed by atoms with E-state index in [1.54, 1.807) is 6.07 Å². The molecule has 1 aromatic carbocycles. The zero-order valence-corrected chi connectivity index (χ0v) is 13.5. The van der Waals surface area contributed by atoms with Crippen molar-refractivity contribution in [2.75, 3.05) is 6.26 Å². The van der Waals surface area contributed by atoms with Gasteiger partial charge in [0, 0.05) is 11.2 Å². The standard InChI is InChI=1S/C13H10Cl2N2O4S/c1-22(19,20)17-12(18)9-3-2-6-16-13(9)21-11-5-4-8(14)7-10(11)15/h2-7H,1H3,(H,17,18). The lowest BCUT2D eigenvalue weighted by Crippen LogP contribution is -2.29. The second kappa shape index (κ2) is 6.51. The van der Waals surface area contributed by atoms with Crippen molar-refractivity contribution in [3.63, 3.8) is 0 Å². The van der Waals surface area contributed by atoms with Gasteiger partial charge in [-0.2, -0.15) is 0 Å². The molecule has 1 aromatic heterocycles. The Bertz CT molecular complexity index is 825. The van der Waals surface area contributed by atoms with E-state index >= 15 is 0 Å². The van der Waals surface area contributed by atoms with Gasteiger partial charge in [0.25, 0.3) is 5.91 Å². The number of aromatic nitrogens is 1. The van der Waals surface area contributed by atoms with Gasteiger partial charge in [-0.25, -0.2) is 18.1 Å². The maximum Gasteiger partial charge on any atom is 0.270 e. The smallest absolute Gasteiger partial charge is 0.270 e. The van der Waals surface area contributed by atoms with Gasteiger partial charge in [-0.05, 0) is 30.3 Å². The van der Waals surface area contributed by atoms with Crippen LogP contribution in [0.2, 0.25) is 10.0 Å². The maximum absolute atomic E-state index is 11.9. The number of sulfonamides is 1. The summed E-state index contributed by atoms with van der Waals surface area (Å²) in [5.41, 5.74) is -0.0426. The van der Waals surface area contributed by atoms with Crippen molar-refractivity contribution in [3.8, 4) is 11.6 Å². The highest BCUT2D eigenvalue weighted by molar-refractivity contribution is 7.89. The summed E-state index contributed by atoms with van der Waals surface area (Å²) in [6.45, 7) is 0. The quantitative estimate of drug-likeness (QED) is 0.905.